The van der Waals surface area contributed by atoms with Crippen molar-refractivity contribution < 1.29 is 13.9 Å². The van der Waals surface area contributed by atoms with Gasteiger partial charge in [-0.2, -0.15) is 5.26 Å². The van der Waals surface area contributed by atoms with Crippen molar-refractivity contribution in [1.82, 2.24) is 0 Å². The maximum Gasteiger partial charge on any atom is 0.150 e. The molecule has 0 spiro atoms. The summed E-state index contributed by atoms with van der Waals surface area (Å²) in [5.74, 6) is -1.61. The number of hydrogen-bond acceptors (Lipinski definition) is 3. The van der Waals surface area contributed by atoms with Crippen LogP contribution in [0, 0.1) is 23.0 Å². The molecule has 0 atom stereocenters. The topological polar surface area (TPSA) is 47.3 Å². The molecule has 0 fully saturated rings. The highest BCUT2D eigenvalue weighted by atomic mass is 19.1. The largest absolute Gasteiger partial charge is 0.395 e. The monoisotopic (exact) mass is 212 g/mol. The van der Waals surface area contributed by atoms with Crippen LogP contribution in [0.15, 0.2) is 12.1 Å². The van der Waals surface area contributed by atoms with Crippen molar-refractivity contribution in [3.63, 3.8) is 0 Å². The second kappa shape index (κ2) is 4.71. The molecule has 0 saturated carbocycles. The first-order valence-electron chi connectivity index (χ1n) is 4.31. The molecule has 0 radical (unpaired) electrons. The smallest absolute Gasteiger partial charge is 0.150 e. The normalized spacial score (nSPS) is 9.80. The summed E-state index contributed by atoms with van der Waals surface area (Å²) in [4.78, 5) is 1.26. The molecule has 0 heterocycles. The third-order valence-corrected chi connectivity index (χ3v) is 1.96. The predicted octanol–water partition coefficient (Wildman–Crippen LogP) is 1.26. The van der Waals surface area contributed by atoms with Crippen LogP contribution in [-0.4, -0.2) is 25.3 Å². The molecule has 15 heavy (non-hydrogen) atoms. The second-order valence-corrected chi connectivity index (χ2v) is 3.05. The number of likely N-dealkylation sites (N-methyl/N-ethyl adjacent to an activating group) is 1. The Morgan fingerprint density at radius 1 is 1.40 bits per heavy atom. The minimum absolute atomic E-state index is 0.0638. The van der Waals surface area contributed by atoms with Crippen LogP contribution in [0.5, 0.6) is 0 Å². The van der Waals surface area contributed by atoms with Crippen LogP contribution in [0.4, 0.5) is 14.5 Å². The van der Waals surface area contributed by atoms with E-state index >= 15 is 0 Å². The van der Waals surface area contributed by atoms with Gasteiger partial charge >= 0.3 is 0 Å². The number of benzene rings is 1. The molecule has 80 valence electrons. The van der Waals surface area contributed by atoms with E-state index in [-0.39, 0.29) is 24.4 Å². The highest BCUT2D eigenvalue weighted by Crippen LogP contribution is 2.23. The van der Waals surface area contributed by atoms with E-state index < -0.39 is 11.6 Å². The molecule has 1 aromatic rings. The SMILES string of the molecule is CN(CCO)c1c(F)cc(C#N)cc1F. The van der Waals surface area contributed by atoms with Crippen molar-refractivity contribution in [2.45, 2.75) is 0 Å². The fraction of sp³-hybridized carbons (Fsp3) is 0.300. The van der Waals surface area contributed by atoms with E-state index in [1.807, 2.05) is 0 Å². The molecule has 1 rings (SSSR count). The number of halogens is 2. The number of nitriles is 1. The summed E-state index contributed by atoms with van der Waals surface area (Å²) >= 11 is 0. The Kier molecular flexibility index (Phi) is 3.58. The molecule has 0 bridgehead atoms. The number of hydrogen-bond donors (Lipinski definition) is 1. The van der Waals surface area contributed by atoms with E-state index in [1.165, 1.54) is 11.9 Å². The van der Waals surface area contributed by atoms with Gasteiger partial charge in [0.25, 0.3) is 0 Å². The average molecular weight is 212 g/mol. The molecule has 1 aromatic carbocycles. The quantitative estimate of drug-likeness (QED) is 0.820. The van der Waals surface area contributed by atoms with E-state index in [0.717, 1.165) is 12.1 Å². The van der Waals surface area contributed by atoms with Crippen LogP contribution in [0.1, 0.15) is 5.56 Å². The highest BCUT2D eigenvalue weighted by molar-refractivity contribution is 5.52. The van der Waals surface area contributed by atoms with Gasteiger partial charge in [0.1, 0.15) is 5.69 Å². The van der Waals surface area contributed by atoms with Crippen LogP contribution in [0.25, 0.3) is 0 Å². The summed E-state index contributed by atoms with van der Waals surface area (Å²) in [5, 5.41) is 17.1. The summed E-state index contributed by atoms with van der Waals surface area (Å²) in [5.41, 5.74) is -0.297. The number of rotatable bonds is 3. The Morgan fingerprint density at radius 2 is 1.93 bits per heavy atom. The first-order valence-corrected chi connectivity index (χ1v) is 4.31. The lowest BCUT2D eigenvalue weighted by Gasteiger charge is -2.19. The molecule has 0 saturated heterocycles. The Bertz CT molecular complexity index is 378. The zero-order valence-electron chi connectivity index (χ0n) is 8.17. The molecule has 1 N–H and O–H groups in total. The van der Waals surface area contributed by atoms with Crippen LogP contribution in [0.3, 0.4) is 0 Å². The van der Waals surface area contributed by atoms with E-state index in [2.05, 4.69) is 0 Å². The van der Waals surface area contributed by atoms with Crippen molar-refractivity contribution in [1.29, 1.82) is 5.26 Å². The third-order valence-electron chi connectivity index (χ3n) is 1.96. The van der Waals surface area contributed by atoms with Gasteiger partial charge in [-0.25, -0.2) is 8.78 Å². The van der Waals surface area contributed by atoms with Crippen LogP contribution < -0.4 is 4.90 Å². The predicted molar refractivity (Wildman–Crippen MR) is 51.4 cm³/mol. The summed E-state index contributed by atoms with van der Waals surface area (Å²) in [6, 6.07) is 3.59. The van der Waals surface area contributed by atoms with Gasteiger partial charge in [0, 0.05) is 13.6 Å². The molecule has 0 aliphatic carbocycles. The fourth-order valence-corrected chi connectivity index (χ4v) is 1.26. The number of aliphatic hydroxyl groups is 1. The minimum Gasteiger partial charge on any atom is -0.395 e. The molecule has 0 aliphatic heterocycles. The van der Waals surface area contributed by atoms with Gasteiger partial charge in [0.05, 0.1) is 18.2 Å². The summed E-state index contributed by atoms with van der Waals surface area (Å²) in [7, 11) is 1.46. The van der Waals surface area contributed by atoms with Gasteiger partial charge in [0.2, 0.25) is 0 Å². The molecule has 0 amide bonds. The molecule has 0 aliphatic rings. The van der Waals surface area contributed by atoms with Gasteiger partial charge in [0.15, 0.2) is 11.6 Å². The number of aliphatic hydroxyl groups excluding tert-OH is 1. The Balaban J connectivity index is 3.14. The molecule has 0 unspecified atom stereocenters. The van der Waals surface area contributed by atoms with Crippen LogP contribution in [0.2, 0.25) is 0 Å². The van der Waals surface area contributed by atoms with Crippen molar-refractivity contribution >= 4 is 5.69 Å². The van der Waals surface area contributed by atoms with E-state index in [4.69, 9.17) is 10.4 Å². The van der Waals surface area contributed by atoms with Gasteiger partial charge in [-0.15, -0.1) is 0 Å². The third kappa shape index (κ3) is 2.42. The Labute approximate surface area is 86.2 Å². The molecule has 0 aromatic heterocycles. The summed E-state index contributed by atoms with van der Waals surface area (Å²) in [6.45, 7) is -0.0743. The molecule has 5 heteroatoms. The minimum atomic E-state index is -0.803. The van der Waals surface area contributed by atoms with Crippen molar-refractivity contribution in [3.8, 4) is 6.07 Å². The lowest BCUT2D eigenvalue weighted by Crippen LogP contribution is -2.23. The zero-order chi connectivity index (χ0) is 11.4. The first kappa shape index (κ1) is 11.4. The van der Waals surface area contributed by atoms with Gasteiger partial charge in [-0.05, 0) is 12.1 Å². The fourth-order valence-electron chi connectivity index (χ4n) is 1.26. The maximum absolute atomic E-state index is 13.4. The number of anilines is 1. The van der Waals surface area contributed by atoms with Crippen LogP contribution >= 0.6 is 0 Å². The zero-order valence-corrected chi connectivity index (χ0v) is 8.17. The molecule has 3 nitrogen and oxygen atoms in total. The summed E-state index contributed by atoms with van der Waals surface area (Å²) < 4.78 is 26.7. The first-order chi connectivity index (χ1) is 7.10. The lowest BCUT2D eigenvalue weighted by molar-refractivity contribution is 0.303. The Morgan fingerprint density at radius 3 is 2.33 bits per heavy atom. The van der Waals surface area contributed by atoms with Gasteiger partial charge in [-0.1, -0.05) is 0 Å². The highest BCUT2D eigenvalue weighted by Gasteiger charge is 2.14. The lowest BCUT2D eigenvalue weighted by atomic mass is 10.2. The number of nitrogens with zero attached hydrogens (tertiary/aromatic N) is 2. The standard InChI is InChI=1S/C10H10F2N2O/c1-14(2-3-15)10-8(11)4-7(6-13)5-9(10)12/h4-5,15H,2-3H2,1H3. The van der Waals surface area contributed by atoms with E-state index in [9.17, 15) is 8.78 Å². The van der Waals surface area contributed by atoms with Gasteiger partial charge < -0.3 is 10.0 Å². The van der Waals surface area contributed by atoms with E-state index in [1.54, 1.807) is 6.07 Å². The van der Waals surface area contributed by atoms with Crippen molar-refractivity contribution in [2.75, 3.05) is 25.1 Å². The molecular weight excluding hydrogens is 202 g/mol. The van der Waals surface area contributed by atoms with Gasteiger partial charge in [-0.3, -0.25) is 0 Å². The second-order valence-electron chi connectivity index (χ2n) is 3.05. The van der Waals surface area contributed by atoms with E-state index in [0.29, 0.717) is 0 Å². The summed E-state index contributed by atoms with van der Waals surface area (Å²) in [6.07, 6.45) is 0. The van der Waals surface area contributed by atoms with Crippen molar-refractivity contribution in [3.05, 3.63) is 29.3 Å². The Hall–Kier alpha value is -1.67. The van der Waals surface area contributed by atoms with Crippen LogP contribution in [-0.2, 0) is 0 Å². The van der Waals surface area contributed by atoms with Crippen molar-refractivity contribution in [2.24, 2.45) is 0 Å². The average Bonchev–Trinajstić information content (AvgIpc) is 2.16. The maximum atomic E-state index is 13.4. The molecular formula is C10H10F2N2O.